The van der Waals surface area contributed by atoms with E-state index in [-0.39, 0.29) is 28.7 Å². The molecule has 0 saturated carbocycles. The minimum absolute atomic E-state index is 0.0503. The Bertz CT molecular complexity index is 1020. The van der Waals surface area contributed by atoms with Gasteiger partial charge in [0.1, 0.15) is 0 Å². The largest absolute Gasteiger partial charge is 0.503 e. The average Bonchev–Trinajstić information content (AvgIpc) is 2.93. The van der Waals surface area contributed by atoms with Gasteiger partial charge in [0.05, 0.1) is 22.5 Å². The van der Waals surface area contributed by atoms with Gasteiger partial charge in [-0.1, -0.05) is 11.6 Å². The molecule has 150 valence electrons. The first-order chi connectivity index (χ1) is 13.8. The number of carbonyl (C=O) groups excluding carboxylic acids is 3. The molecule has 29 heavy (non-hydrogen) atoms. The molecule has 2 aromatic carbocycles. The Kier molecular flexibility index (Phi) is 6.66. The lowest BCUT2D eigenvalue weighted by Crippen LogP contribution is -2.33. The highest BCUT2D eigenvalue weighted by atomic mass is 79.9. The molecule has 3 rings (SSSR count). The van der Waals surface area contributed by atoms with Crippen molar-refractivity contribution in [2.75, 3.05) is 13.2 Å². The molecule has 1 saturated heterocycles. The van der Waals surface area contributed by atoms with E-state index < -0.39 is 11.1 Å². The molecule has 6 nitrogen and oxygen atoms in total. The van der Waals surface area contributed by atoms with Crippen LogP contribution >= 0.6 is 39.3 Å². The third-order valence-electron chi connectivity index (χ3n) is 3.99. The van der Waals surface area contributed by atoms with Crippen LogP contribution in [0.3, 0.4) is 0 Å². The Hall–Kier alpha value is -2.29. The number of aromatic hydroxyl groups is 1. The van der Waals surface area contributed by atoms with Gasteiger partial charge in [-0.2, -0.15) is 0 Å². The molecule has 0 spiro atoms. The minimum Gasteiger partial charge on any atom is -0.503 e. The summed E-state index contributed by atoms with van der Waals surface area (Å²) >= 11 is 9.80. The molecule has 1 aliphatic heterocycles. The van der Waals surface area contributed by atoms with Crippen LogP contribution in [0.4, 0.5) is 4.79 Å². The lowest BCUT2D eigenvalue weighted by Gasteiger charge is -2.11. The number of carbonyl (C=O) groups is 3. The van der Waals surface area contributed by atoms with E-state index in [4.69, 9.17) is 16.3 Å². The molecule has 0 unspecified atom stereocenters. The Balaban J connectivity index is 1.81. The summed E-state index contributed by atoms with van der Waals surface area (Å²) in [4.78, 5) is 38.4. The van der Waals surface area contributed by atoms with Crippen molar-refractivity contribution in [2.24, 2.45) is 0 Å². The molecule has 9 heteroatoms. The summed E-state index contributed by atoms with van der Waals surface area (Å²) in [5.74, 6) is -0.711. The monoisotopic (exact) mass is 495 g/mol. The zero-order chi connectivity index (χ0) is 21.1. The van der Waals surface area contributed by atoms with Crippen molar-refractivity contribution < 1.29 is 24.2 Å². The van der Waals surface area contributed by atoms with Crippen LogP contribution in [0.1, 0.15) is 22.8 Å². The van der Waals surface area contributed by atoms with Crippen molar-refractivity contribution in [3.8, 4) is 11.5 Å². The number of imide groups is 1. The van der Waals surface area contributed by atoms with Crippen molar-refractivity contribution in [1.29, 1.82) is 0 Å². The minimum atomic E-state index is -0.551. The van der Waals surface area contributed by atoms with E-state index >= 15 is 0 Å². The molecule has 0 atom stereocenters. The molecule has 2 aromatic rings. The summed E-state index contributed by atoms with van der Waals surface area (Å²) in [7, 11) is 0. The Labute approximate surface area is 184 Å². The van der Waals surface area contributed by atoms with Crippen LogP contribution in [0.5, 0.6) is 11.5 Å². The first-order valence-corrected chi connectivity index (χ1v) is 10.5. The standard InChI is InChI=1S/C20H15BrClNO5S/c1-2-28-16-8-11(7-14(21)18(16)25)9-17-19(26)23(20(27)29-17)10-15(24)12-3-5-13(22)6-4-12/h3-9,25H,2,10H2,1H3/b17-9+. The van der Waals surface area contributed by atoms with Crippen LogP contribution in [0.25, 0.3) is 6.08 Å². The van der Waals surface area contributed by atoms with Gasteiger partial charge >= 0.3 is 0 Å². The lowest BCUT2D eigenvalue weighted by molar-refractivity contribution is -0.122. The molecule has 0 aliphatic carbocycles. The van der Waals surface area contributed by atoms with Crippen LogP contribution in [-0.2, 0) is 4.79 Å². The Morgan fingerprint density at radius 2 is 1.97 bits per heavy atom. The van der Waals surface area contributed by atoms with E-state index in [1.165, 1.54) is 6.08 Å². The third kappa shape index (κ3) is 4.83. The zero-order valence-corrected chi connectivity index (χ0v) is 18.3. The summed E-state index contributed by atoms with van der Waals surface area (Å²) in [6.45, 7) is 1.78. The zero-order valence-electron chi connectivity index (χ0n) is 15.1. The third-order valence-corrected chi connectivity index (χ3v) is 5.75. The van der Waals surface area contributed by atoms with Gasteiger partial charge in [0, 0.05) is 10.6 Å². The van der Waals surface area contributed by atoms with Crippen LogP contribution in [-0.4, -0.2) is 40.1 Å². The predicted octanol–water partition coefficient (Wildman–Crippen LogP) is 5.13. The van der Waals surface area contributed by atoms with Gasteiger partial charge in [0.15, 0.2) is 17.3 Å². The number of ether oxygens (including phenoxy) is 1. The predicted molar refractivity (Wildman–Crippen MR) is 115 cm³/mol. The van der Waals surface area contributed by atoms with E-state index in [0.717, 1.165) is 16.7 Å². The van der Waals surface area contributed by atoms with Crippen LogP contribution < -0.4 is 4.74 Å². The van der Waals surface area contributed by atoms with E-state index in [1.54, 1.807) is 43.3 Å². The molecule has 2 amide bonds. The number of phenols is 1. The summed E-state index contributed by atoms with van der Waals surface area (Å²) in [6, 6.07) is 9.40. The van der Waals surface area contributed by atoms with Gasteiger partial charge in [-0.25, -0.2) is 0 Å². The first kappa shape index (κ1) is 21.4. The number of halogens is 2. The maximum absolute atomic E-state index is 12.7. The van der Waals surface area contributed by atoms with Gasteiger partial charge in [-0.15, -0.1) is 0 Å². The molecular weight excluding hydrogens is 482 g/mol. The fourth-order valence-corrected chi connectivity index (χ4v) is 4.02. The highest BCUT2D eigenvalue weighted by molar-refractivity contribution is 9.10. The topological polar surface area (TPSA) is 83.9 Å². The van der Waals surface area contributed by atoms with Crippen molar-refractivity contribution >= 4 is 62.3 Å². The highest BCUT2D eigenvalue weighted by Gasteiger charge is 2.36. The molecule has 0 bridgehead atoms. The SMILES string of the molecule is CCOc1cc(/C=C2/SC(=O)N(CC(=O)c3ccc(Cl)cc3)C2=O)cc(Br)c1O. The normalized spacial score (nSPS) is 15.3. The van der Waals surface area contributed by atoms with E-state index in [0.29, 0.717) is 27.2 Å². The van der Waals surface area contributed by atoms with Crippen molar-refractivity contribution in [2.45, 2.75) is 6.92 Å². The fourth-order valence-electron chi connectivity index (χ4n) is 2.60. The van der Waals surface area contributed by atoms with Crippen LogP contribution in [0.2, 0.25) is 5.02 Å². The van der Waals surface area contributed by atoms with E-state index in [9.17, 15) is 19.5 Å². The van der Waals surface area contributed by atoms with Gasteiger partial charge in [-0.05, 0) is 82.7 Å². The molecular formula is C20H15BrClNO5S. The maximum atomic E-state index is 12.7. The number of benzene rings is 2. The van der Waals surface area contributed by atoms with Gasteiger partial charge in [0.25, 0.3) is 11.1 Å². The van der Waals surface area contributed by atoms with Gasteiger partial charge in [0.2, 0.25) is 0 Å². The van der Waals surface area contributed by atoms with Crippen LogP contribution in [0.15, 0.2) is 45.8 Å². The van der Waals surface area contributed by atoms with Crippen molar-refractivity contribution in [1.82, 2.24) is 4.90 Å². The maximum Gasteiger partial charge on any atom is 0.293 e. The number of nitrogens with zero attached hydrogens (tertiary/aromatic N) is 1. The smallest absolute Gasteiger partial charge is 0.293 e. The number of thioether (sulfide) groups is 1. The van der Waals surface area contributed by atoms with Gasteiger partial charge < -0.3 is 9.84 Å². The van der Waals surface area contributed by atoms with Crippen molar-refractivity contribution in [3.05, 3.63) is 61.9 Å². The highest BCUT2D eigenvalue weighted by Crippen LogP contribution is 2.38. The molecule has 1 heterocycles. The van der Waals surface area contributed by atoms with E-state index in [2.05, 4.69) is 15.9 Å². The van der Waals surface area contributed by atoms with Gasteiger partial charge in [-0.3, -0.25) is 19.3 Å². The number of hydrogen-bond donors (Lipinski definition) is 1. The average molecular weight is 497 g/mol. The van der Waals surface area contributed by atoms with E-state index in [1.807, 2.05) is 0 Å². The number of ketones is 1. The lowest BCUT2D eigenvalue weighted by atomic mass is 10.1. The molecule has 1 fully saturated rings. The second-order valence-corrected chi connectivity index (χ2v) is 8.26. The Morgan fingerprint density at radius 3 is 2.62 bits per heavy atom. The molecule has 0 radical (unpaired) electrons. The summed E-state index contributed by atoms with van der Waals surface area (Å²) in [5, 5.41) is 9.97. The number of amides is 2. The quantitative estimate of drug-likeness (QED) is 0.441. The molecule has 0 aromatic heterocycles. The molecule has 1 aliphatic rings. The van der Waals surface area contributed by atoms with Crippen LogP contribution in [0, 0.1) is 0 Å². The second-order valence-electron chi connectivity index (χ2n) is 5.98. The molecule has 1 N–H and O–H groups in total. The van der Waals surface area contributed by atoms with Crippen molar-refractivity contribution in [3.63, 3.8) is 0 Å². The fraction of sp³-hybridized carbons (Fsp3) is 0.150. The summed E-state index contributed by atoms with van der Waals surface area (Å²) in [5.41, 5.74) is 0.925. The number of rotatable bonds is 6. The first-order valence-electron chi connectivity index (χ1n) is 8.49. The number of Topliss-reactive ketones (excluding diaryl/α,β-unsaturated/α-hetero) is 1. The summed E-state index contributed by atoms with van der Waals surface area (Å²) < 4.78 is 5.76. The second kappa shape index (κ2) is 9.02. The Morgan fingerprint density at radius 1 is 1.28 bits per heavy atom. The summed E-state index contributed by atoms with van der Waals surface area (Å²) in [6.07, 6.45) is 1.52. The number of phenolic OH excluding ortho intramolecular Hbond substituents is 1. The number of hydrogen-bond acceptors (Lipinski definition) is 6.